The van der Waals surface area contributed by atoms with Crippen molar-refractivity contribution in [2.45, 2.75) is 25.8 Å². The normalized spacial score (nSPS) is 20.7. The first-order valence-corrected chi connectivity index (χ1v) is 9.02. The number of nitrogens with zero attached hydrogens (tertiary/aromatic N) is 2. The number of carboxylic acid groups (broad SMARTS) is 1. The van der Waals surface area contributed by atoms with Crippen LogP contribution in [0.2, 0.25) is 0 Å². The highest BCUT2D eigenvalue weighted by Crippen LogP contribution is 2.35. The van der Waals surface area contributed by atoms with Crippen LogP contribution in [0.25, 0.3) is 0 Å². The van der Waals surface area contributed by atoms with E-state index in [2.05, 4.69) is 5.32 Å². The summed E-state index contributed by atoms with van der Waals surface area (Å²) in [6.45, 7) is 3.48. The molecule has 1 aromatic heterocycles. The highest BCUT2D eigenvalue weighted by atomic mass is 16.4. The molecule has 2 unspecified atom stereocenters. The van der Waals surface area contributed by atoms with Gasteiger partial charge in [0.25, 0.3) is 5.56 Å². The average molecular weight is 367 g/mol. The number of benzene rings is 1. The monoisotopic (exact) mass is 367 g/mol. The summed E-state index contributed by atoms with van der Waals surface area (Å²) in [4.78, 5) is 37.9. The fourth-order valence-electron chi connectivity index (χ4n) is 4.20. The molecule has 7 nitrogen and oxygen atoms in total. The largest absolute Gasteiger partial charge is 0.478 e. The van der Waals surface area contributed by atoms with Crippen molar-refractivity contribution >= 4 is 17.7 Å². The molecule has 4 rings (SSSR count). The van der Waals surface area contributed by atoms with E-state index in [0.717, 1.165) is 12.1 Å². The van der Waals surface area contributed by atoms with Crippen LogP contribution in [0, 0.1) is 12.8 Å². The molecule has 2 N–H and O–H groups in total. The van der Waals surface area contributed by atoms with E-state index in [4.69, 9.17) is 0 Å². The zero-order valence-electron chi connectivity index (χ0n) is 15.0. The van der Waals surface area contributed by atoms with E-state index >= 15 is 0 Å². The third-order valence-corrected chi connectivity index (χ3v) is 5.49. The fourth-order valence-corrected chi connectivity index (χ4v) is 4.20. The lowest BCUT2D eigenvalue weighted by molar-refractivity contribution is 0.0696. The van der Waals surface area contributed by atoms with Gasteiger partial charge < -0.3 is 19.9 Å². The lowest BCUT2D eigenvalue weighted by atomic mass is 9.83. The summed E-state index contributed by atoms with van der Waals surface area (Å²) in [5, 5.41) is 12.1. The predicted octanol–water partition coefficient (Wildman–Crippen LogP) is 2.51. The minimum atomic E-state index is -1.02. The molecular weight excluding hydrogens is 346 g/mol. The molecule has 7 heteroatoms. The lowest BCUT2D eigenvalue weighted by Gasteiger charge is -2.42. The number of hydrogen-bond acceptors (Lipinski definition) is 3. The molecule has 1 fully saturated rings. The molecule has 1 saturated heterocycles. The lowest BCUT2D eigenvalue weighted by Crippen LogP contribution is -2.50. The van der Waals surface area contributed by atoms with Gasteiger partial charge in [0.2, 0.25) is 0 Å². The van der Waals surface area contributed by atoms with Crippen molar-refractivity contribution in [2.24, 2.45) is 5.92 Å². The smallest absolute Gasteiger partial charge is 0.336 e. The first-order chi connectivity index (χ1) is 12.9. The Bertz CT molecular complexity index is 981. The summed E-state index contributed by atoms with van der Waals surface area (Å²) in [6, 6.07) is 9.94. The first kappa shape index (κ1) is 17.3. The van der Waals surface area contributed by atoms with Crippen LogP contribution in [0.1, 0.15) is 34.0 Å². The van der Waals surface area contributed by atoms with E-state index < -0.39 is 5.97 Å². The van der Waals surface area contributed by atoms with Gasteiger partial charge in [0.05, 0.1) is 5.56 Å². The van der Waals surface area contributed by atoms with Gasteiger partial charge in [-0.15, -0.1) is 0 Å². The van der Waals surface area contributed by atoms with Gasteiger partial charge in [-0.2, -0.15) is 0 Å². The molecule has 1 aromatic carbocycles. The Morgan fingerprint density at radius 3 is 2.74 bits per heavy atom. The van der Waals surface area contributed by atoms with E-state index in [1.165, 1.54) is 6.07 Å². The Labute approximate surface area is 156 Å². The zero-order chi connectivity index (χ0) is 19.1. The fraction of sp³-hybridized carbons (Fsp3) is 0.350. The van der Waals surface area contributed by atoms with Gasteiger partial charge in [-0.1, -0.05) is 12.1 Å². The quantitative estimate of drug-likeness (QED) is 0.853. The van der Waals surface area contributed by atoms with E-state index in [1.807, 2.05) is 10.6 Å². The van der Waals surface area contributed by atoms with E-state index in [1.54, 1.807) is 36.1 Å². The molecule has 2 aliphatic rings. The number of likely N-dealkylation sites (tertiary alicyclic amines) is 1. The number of anilines is 1. The zero-order valence-corrected chi connectivity index (χ0v) is 15.0. The third kappa shape index (κ3) is 3.20. The van der Waals surface area contributed by atoms with Gasteiger partial charge in [0.1, 0.15) is 0 Å². The van der Waals surface area contributed by atoms with Crippen molar-refractivity contribution in [1.82, 2.24) is 9.47 Å². The first-order valence-electron chi connectivity index (χ1n) is 9.02. The number of urea groups is 1. The van der Waals surface area contributed by atoms with Crippen molar-refractivity contribution in [3.8, 4) is 0 Å². The number of carboxylic acids is 1. The molecule has 140 valence electrons. The van der Waals surface area contributed by atoms with Crippen LogP contribution in [-0.2, 0) is 6.54 Å². The van der Waals surface area contributed by atoms with Crippen LogP contribution < -0.4 is 10.9 Å². The summed E-state index contributed by atoms with van der Waals surface area (Å²) in [5.74, 6) is -0.627. The van der Waals surface area contributed by atoms with Crippen molar-refractivity contribution in [2.75, 3.05) is 18.4 Å². The summed E-state index contributed by atoms with van der Waals surface area (Å²) in [6.07, 6.45) is 0.973. The maximum absolute atomic E-state index is 12.7. The molecule has 2 bridgehead atoms. The van der Waals surface area contributed by atoms with Crippen LogP contribution in [0.15, 0.2) is 41.2 Å². The highest BCUT2D eigenvalue weighted by molar-refractivity contribution is 5.94. The van der Waals surface area contributed by atoms with Crippen molar-refractivity contribution in [1.29, 1.82) is 0 Å². The predicted molar refractivity (Wildman–Crippen MR) is 100 cm³/mol. The van der Waals surface area contributed by atoms with Crippen LogP contribution in [0.3, 0.4) is 0 Å². The molecule has 2 amide bonds. The minimum Gasteiger partial charge on any atom is -0.478 e. The summed E-state index contributed by atoms with van der Waals surface area (Å²) in [5.41, 5.74) is 2.29. The SMILES string of the molecule is Cc1ccc(NC(=O)N2CC3CC(C2)c2cccc(=O)n2C3)cc1C(=O)O. The topological polar surface area (TPSA) is 91.6 Å². The molecule has 2 aromatic rings. The number of pyridine rings is 1. The molecule has 0 saturated carbocycles. The van der Waals surface area contributed by atoms with Gasteiger partial charge in [0, 0.05) is 43.0 Å². The number of nitrogens with one attached hydrogen (secondary N) is 1. The molecule has 2 atom stereocenters. The minimum absolute atomic E-state index is 0.0148. The Kier molecular flexibility index (Phi) is 4.22. The summed E-state index contributed by atoms with van der Waals surface area (Å²) >= 11 is 0. The molecule has 27 heavy (non-hydrogen) atoms. The van der Waals surface area contributed by atoms with Crippen LogP contribution >= 0.6 is 0 Å². The van der Waals surface area contributed by atoms with E-state index in [0.29, 0.717) is 30.9 Å². The molecule has 0 aliphatic carbocycles. The van der Waals surface area contributed by atoms with Gasteiger partial charge in [0.15, 0.2) is 0 Å². The van der Waals surface area contributed by atoms with Crippen molar-refractivity contribution in [3.05, 3.63) is 63.6 Å². The number of carbonyl (C=O) groups is 2. The average Bonchev–Trinajstić information content (AvgIpc) is 2.64. The van der Waals surface area contributed by atoms with Gasteiger partial charge in [-0.05, 0) is 43.0 Å². The van der Waals surface area contributed by atoms with Crippen molar-refractivity contribution in [3.63, 3.8) is 0 Å². The second kappa shape index (κ2) is 6.57. The second-order valence-electron chi connectivity index (χ2n) is 7.37. The maximum Gasteiger partial charge on any atom is 0.336 e. The van der Waals surface area contributed by atoms with Gasteiger partial charge >= 0.3 is 12.0 Å². The Morgan fingerprint density at radius 2 is 1.96 bits per heavy atom. The van der Waals surface area contributed by atoms with Gasteiger partial charge in [-0.25, -0.2) is 9.59 Å². The highest BCUT2D eigenvalue weighted by Gasteiger charge is 2.36. The maximum atomic E-state index is 12.7. The number of amides is 2. The van der Waals surface area contributed by atoms with Crippen LogP contribution in [0.4, 0.5) is 10.5 Å². The van der Waals surface area contributed by atoms with E-state index in [9.17, 15) is 19.5 Å². The number of aromatic nitrogens is 1. The molecule has 0 radical (unpaired) electrons. The molecule has 2 aliphatic heterocycles. The molecule has 0 spiro atoms. The Morgan fingerprint density at radius 1 is 1.15 bits per heavy atom. The number of rotatable bonds is 2. The van der Waals surface area contributed by atoms with Crippen LogP contribution in [-0.4, -0.2) is 39.7 Å². The van der Waals surface area contributed by atoms with E-state index in [-0.39, 0.29) is 29.0 Å². The second-order valence-corrected chi connectivity index (χ2v) is 7.37. The number of fused-ring (bicyclic) bond motifs is 4. The Balaban J connectivity index is 1.52. The number of aromatic carboxylic acids is 1. The number of hydrogen-bond donors (Lipinski definition) is 2. The summed E-state index contributed by atoms with van der Waals surface area (Å²) in [7, 11) is 0. The van der Waals surface area contributed by atoms with Gasteiger partial charge in [-0.3, -0.25) is 4.79 Å². The number of aryl methyl sites for hydroxylation is 1. The number of carbonyl (C=O) groups excluding carboxylic acids is 1. The number of piperidine rings is 1. The molecular formula is C20H21N3O4. The van der Waals surface area contributed by atoms with Crippen molar-refractivity contribution < 1.29 is 14.7 Å². The Hall–Kier alpha value is -3.09. The summed E-state index contributed by atoms with van der Waals surface area (Å²) < 4.78 is 1.83. The standard InChI is InChI=1S/C20H21N3O4/c1-12-5-6-15(8-16(12)19(25)26)21-20(27)22-9-13-7-14(11-22)17-3-2-4-18(24)23(17)10-13/h2-6,8,13-14H,7,9-11H2,1H3,(H,21,27)(H,25,26). The third-order valence-electron chi connectivity index (χ3n) is 5.49. The van der Waals surface area contributed by atoms with Crippen LogP contribution in [0.5, 0.6) is 0 Å². The molecule has 3 heterocycles.